The summed E-state index contributed by atoms with van der Waals surface area (Å²) in [4.78, 5) is 1.96. The van der Waals surface area contributed by atoms with Crippen LogP contribution in [0.5, 0.6) is 0 Å². The molecule has 0 aliphatic carbocycles. The summed E-state index contributed by atoms with van der Waals surface area (Å²) in [5.74, 6) is 0. The van der Waals surface area contributed by atoms with Crippen LogP contribution in [-0.4, -0.2) is 13.0 Å². The van der Waals surface area contributed by atoms with Crippen LogP contribution in [0.2, 0.25) is 10.0 Å². The second kappa shape index (κ2) is 8.31. The molecule has 3 aromatic carbocycles. The van der Waals surface area contributed by atoms with Gasteiger partial charge in [0, 0.05) is 28.8 Å². The Labute approximate surface area is 168 Å². The zero-order chi connectivity index (χ0) is 19.4. The van der Waals surface area contributed by atoms with Crippen molar-refractivity contribution in [3.63, 3.8) is 0 Å². The smallest absolute Gasteiger partial charge is 0.294 e. The van der Waals surface area contributed by atoms with Crippen LogP contribution < -0.4 is 4.90 Å². The molecule has 0 unspecified atom stereocenters. The highest BCUT2D eigenvalue weighted by Gasteiger charge is 2.13. The van der Waals surface area contributed by atoms with Gasteiger partial charge in [-0.3, -0.25) is 4.55 Å². The van der Waals surface area contributed by atoms with Gasteiger partial charge in [-0.05, 0) is 59.7 Å². The fourth-order valence-electron chi connectivity index (χ4n) is 2.69. The molecule has 1 N–H and O–H groups in total. The highest BCUT2D eigenvalue weighted by Crippen LogP contribution is 2.23. The van der Waals surface area contributed by atoms with Crippen LogP contribution in [0.1, 0.15) is 11.1 Å². The third-order valence-electron chi connectivity index (χ3n) is 4.07. The van der Waals surface area contributed by atoms with Gasteiger partial charge in [0.2, 0.25) is 0 Å². The van der Waals surface area contributed by atoms with Gasteiger partial charge in [0.1, 0.15) is 0 Å². The molecule has 7 heteroatoms. The van der Waals surface area contributed by atoms with E-state index in [1.54, 1.807) is 12.1 Å². The second-order valence-corrected chi connectivity index (χ2v) is 8.37. The molecule has 0 heterocycles. The Morgan fingerprint density at radius 3 is 1.48 bits per heavy atom. The number of benzene rings is 3. The van der Waals surface area contributed by atoms with E-state index in [0.717, 1.165) is 16.8 Å². The lowest BCUT2D eigenvalue weighted by molar-refractivity contribution is 0.483. The largest absolute Gasteiger partial charge is 0.363 e. The molecule has 3 rings (SSSR count). The van der Waals surface area contributed by atoms with Crippen molar-refractivity contribution in [3.05, 3.63) is 94.0 Å². The Morgan fingerprint density at radius 2 is 1.11 bits per heavy atom. The molecule has 4 nitrogen and oxygen atoms in total. The molecule has 0 bridgehead atoms. The van der Waals surface area contributed by atoms with Crippen LogP contribution in [0.4, 0.5) is 5.69 Å². The van der Waals surface area contributed by atoms with E-state index in [2.05, 4.69) is 4.90 Å². The third-order valence-corrected chi connectivity index (χ3v) is 5.44. The zero-order valence-electron chi connectivity index (χ0n) is 14.2. The molecule has 0 aliphatic heterocycles. The van der Waals surface area contributed by atoms with Gasteiger partial charge in [-0.2, -0.15) is 8.42 Å². The molecule has 0 spiro atoms. The SMILES string of the molecule is O=S(=O)(O)c1ccc(N(Cc2ccc(Cl)cc2)Cc2ccc(Cl)cc2)cc1. The third kappa shape index (κ3) is 5.47. The summed E-state index contributed by atoms with van der Waals surface area (Å²) in [5.41, 5.74) is 2.95. The molecule has 140 valence electrons. The summed E-state index contributed by atoms with van der Waals surface area (Å²) in [7, 11) is -4.22. The minimum atomic E-state index is -4.22. The van der Waals surface area contributed by atoms with Crippen LogP contribution in [0, 0.1) is 0 Å². The first-order valence-electron chi connectivity index (χ1n) is 8.13. The predicted octanol–water partition coefficient (Wildman–Crippen LogP) is 5.45. The molecule has 0 saturated carbocycles. The highest BCUT2D eigenvalue weighted by atomic mass is 35.5. The first kappa shape index (κ1) is 19.7. The summed E-state index contributed by atoms with van der Waals surface area (Å²) in [5, 5.41) is 1.33. The first-order chi connectivity index (χ1) is 12.8. The van der Waals surface area contributed by atoms with Crippen LogP contribution in [0.25, 0.3) is 0 Å². The average molecular weight is 422 g/mol. The van der Waals surface area contributed by atoms with Crippen molar-refractivity contribution in [2.24, 2.45) is 0 Å². The van der Waals surface area contributed by atoms with Gasteiger partial charge >= 0.3 is 0 Å². The van der Waals surface area contributed by atoms with Crippen LogP contribution in [0.3, 0.4) is 0 Å². The van der Waals surface area contributed by atoms with Crippen LogP contribution >= 0.6 is 23.2 Å². The number of halogens is 2. The zero-order valence-corrected chi connectivity index (χ0v) is 16.5. The van der Waals surface area contributed by atoms with Crippen molar-refractivity contribution >= 4 is 39.0 Å². The van der Waals surface area contributed by atoms with Crippen LogP contribution in [0.15, 0.2) is 77.7 Å². The molecular formula is C20H17Cl2NO3S. The van der Waals surface area contributed by atoms with Crippen molar-refractivity contribution in [1.82, 2.24) is 0 Å². The molecule has 0 saturated heterocycles. The Morgan fingerprint density at radius 1 is 0.704 bits per heavy atom. The molecule has 0 amide bonds. The summed E-state index contributed by atoms with van der Waals surface area (Å²) < 4.78 is 31.7. The van der Waals surface area contributed by atoms with Gasteiger partial charge in [-0.25, -0.2) is 0 Å². The molecule has 0 radical (unpaired) electrons. The fraction of sp³-hybridized carbons (Fsp3) is 0.100. The van der Waals surface area contributed by atoms with Gasteiger partial charge in [0.05, 0.1) is 4.90 Å². The summed E-state index contributed by atoms with van der Waals surface area (Å²) in [6.45, 7) is 1.20. The molecular weight excluding hydrogens is 405 g/mol. The minimum Gasteiger partial charge on any atom is -0.363 e. The summed E-state index contributed by atoms with van der Waals surface area (Å²) in [6.07, 6.45) is 0. The van der Waals surface area contributed by atoms with Crippen molar-refractivity contribution < 1.29 is 13.0 Å². The van der Waals surface area contributed by atoms with Crippen LogP contribution in [-0.2, 0) is 23.2 Å². The normalized spacial score (nSPS) is 11.4. The number of rotatable bonds is 6. The van der Waals surface area contributed by atoms with Crippen molar-refractivity contribution in [2.45, 2.75) is 18.0 Å². The number of hydrogen-bond acceptors (Lipinski definition) is 3. The Balaban J connectivity index is 1.90. The monoisotopic (exact) mass is 421 g/mol. The maximum Gasteiger partial charge on any atom is 0.294 e. The lowest BCUT2D eigenvalue weighted by Gasteiger charge is -2.25. The van der Waals surface area contributed by atoms with Gasteiger partial charge in [0.15, 0.2) is 0 Å². The van der Waals surface area contributed by atoms with E-state index < -0.39 is 10.1 Å². The average Bonchev–Trinajstić information content (AvgIpc) is 2.64. The Hall–Kier alpha value is -2.05. The minimum absolute atomic E-state index is 0.135. The summed E-state index contributed by atoms with van der Waals surface area (Å²) >= 11 is 11.9. The van der Waals surface area contributed by atoms with E-state index in [1.807, 2.05) is 48.5 Å². The van der Waals surface area contributed by atoms with Gasteiger partial charge in [0.25, 0.3) is 10.1 Å². The molecule has 0 fully saturated rings. The molecule has 0 aliphatic rings. The Bertz CT molecular complexity index is 955. The van der Waals surface area contributed by atoms with Gasteiger partial charge < -0.3 is 4.90 Å². The maximum atomic E-state index is 11.3. The second-order valence-electron chi connectivity index (χ2n) is 6.08. The topological polar surface area (TPSA) is 57.6 Å². The van der Waals surface area contributed by atoms with E-state index >= 15 is 0 Å². The first-order valence-corrected chi connectivity index (χ1v) is 10.3. The highest BCUT2D eigenvalue weighted by molar-refractivity contribution is 7.85. The van der Waals surface area contributed by atoms with E-state index in [4.69, 9.17) is 23.2 Å². The van der Waals surface area contributed by atoms with E-state index in [1.165, 1.54) is 12.1 Å². The van der Waals surface area contributed by atoms with Gasteiger partial charge in [-0.15, -0.1) is 0 Å². The summed E-state index contributed by atoms with van der Waals surface area (Å²) in [6, 6.07) is 21.3. The fourth-order valence-corrected chi connectivity index (χ4v) is 3.42. The number of nitrogens with zero attached hydrogens (tertiary/aromatic N) is 1. The maximum absolute atomic E-state index is 11.3. The molecule has 0 atom stereocenters. The Kier molecular flexibility index (Phi) is 6.07. The van der Waals surface area contributed by atoms with Crippen molar-refractivity contribution in [2.75, 3.05) is 4.90 Å². The van der Waals surface area contributed by atoms with Crippen molar-refractivity contribution in [1.29, 1.82) is 0 Å². The molecule has 3 aromatic rings. The molecule has 0 aromatic heterocycles. The standard InChI is InChI=1S/C20H17Cl2NO3S/c21-17-5-1-15(2-6-17)13-23(14-16-3-7-18(22)8-4-16)19-9-11-20(12-10-19)27(24,25)26/h1-12H,13-14H2,(H,24,25,26). The molecule has 27 heavy (non-hydrogen) atoms. The number of anilines is 1. The quantitative estimate of drug-likeness (QED) is 0.537. The van der Waals surface area contributed by atoms with Crippen molar-refractivity contribution in [3.8, 4) is 0 Å². The lowest BCUT2D eigenvalue weighted by atomic mass is 10.1. The van der Waals surface area contributed by atoms with Gasteiger partial charge in [-0.1, -0.05) is 47.5 Å². The number of hydrogen-bond donors (Lipinski definition) is 1. The van der Waals surface area contributed by atoms with E-state index in [0.29, 0.717) is 23.1 Å². The lowest BCUT2D eigenvalue weighted by Crippen LogP contribution is -2.22. The van der Waals surface area contributed by atoms with E-state index in [-0.39, 0.29) is 4.90 Å². The van der Waals surface area contributed by atoms with E-state index in [9.17, 15) is 13.0 Å². The predicted molar refractivity (Wildman–Crippen MR) is 109 cm³/mol.